The number of methoxy groups -OCH3 is 1. The second-order valence-electron chi connectivity index (χ2n) is 3.57. The molecule has 0 aromatic rings. The number of halogens is 1. The van der Waals surface area contributed by atoms with Gasteiger partial charge in [-0.15, -0.1) is 0 Å². The fraction of sp³-hybridized carbons (Fsp3) is 0.900. The number of amides is 1. The molecule has 1 aliphatic heterocycles. The van der Waals surface area contributed by atoms with Crippen molar-refractivity contribution in [2.45, 2.75) is 6.42 Å². The Balaban J connectivity index is 2.41. The molecule has 0 spiro atoms. The highest BCUT2D eigenvalue weighted by molar-refractivity contribution is 9.09. The van der Waals surface area contributed by atoms with Crippen LogP contribution in [0.2, 0.25) is 0 Å². The minimum Gasteiger partial charge on any atom is -0.383 e. The molecule has 1 fully saturated rings. The van der Waals surface area contributed by atoms with E-state index in [0.717, 1.165) is 29.8 Å². The van der Waals surface area contributed by atoms with E-state index < -0.39 is 0 Å². The van der Waals surface area contributed by atoms with Crippen molar-refractivity contribution in [2.24, 2.45) is 5.92 Å². The van der Waals surface area contributed by atoms with Crippen molar-refractivity contribution in [1.29, 1.82) is 0 Å². The molecule has 0 radical (unpaired) electrons. The van der Waals surface area contributed by atoms with Crippen LogP contribution in [-0.2, 0) is 9.53 Å². The maximum absolute atomic E-state index is 12.1. The Morgan fingerprint density at radius 3 is 2.93 bits per heavy atom. The minimum atomic E-state index is 0.242. The number of ether oxygens (including phenoxy) is 1. The van der Waals surface area contributed by atoms with Crippen molar-refractivity contribution in [3.8, 4) is 0 Å². The molecule has 3 nitrogen and oxygen atoms in total. The van der Waals surface area contributed by atoms with Gasteiger partial charge >= 0.3 is 0 Å². The zero-order valence-corrected chi connectivity index (χ0v) is 11.5. The predicted octanol–water partition coefficient (Wildman–Crippen LogP) is 1.61. The van der Waals surface area contributed by atoms with E-state index >= 15 is 0 Å². The zero-order chi connectivity index (χ0) is 11.1. The molecule has 1 unspecified atom stereocenters. The maximum atomic E-state index is 12.1. The fourth-order valence-corrected chi connectivity index (χ4v) is 3.26. The molecular formula is C10H18BrNO2S. The van der Waals surface area contributed by atoms with Crippen LogP contribution in [0.5, 0.6) is 0 Å². The van der Waals surface area contributed by atoms with Crippen LogP contribution in [0.3, 0.4) is 0 Å². The number of carbonyl (C=O) groups excluding carboxylic acids is 1. The maximum Gasteiger partial charge on any atom is 0.226 e. The summed E-state index contributed by atoms with van der Waals surface area (Å²) in [4.78, 5) is 14.0. The lowest BCUT2D eigenvalue weighted by atomic mass is 10.1. The lowest BCUT2D eigenvalue weighted by molar-refractivity contribution is -0.135. The third-order valence-electron chi connectivity index (χ3n) is 2.51. The van der Waals surface area contributed by atoms with Gasteiger partial charge in [0.25, 0.3) is 0 Å². The van der Waals surface area contributed by atoms with Crippen LogP contribution in [0.25, 0.3) is 0 Å². The first-order valence-electron chi connectivity index (χ1n) is 5.21. The summed E-state index contributed by atoms with van der Waals surface area (Å²) in [7, 11) is 1.67. The summed E-state index contributed by atoms with van der Waals surface area (Å²) in [5.74, 6) is 2.66. The Morgan fingerprint density at radius 1 is 1.60 bits per heavy atom. The van der Waals surface area contributed by atoms with E-state index in [0.29, 0.717) is 19.1 Å². The summed E-state index contributed by atoms with van der Waals surface area (Å²) in [5.41, 5.74) is 0. The third-order valence-corrected chi connectivity index (χ3v) is 4.03. The first kappa shape index (κ1) is 13.3. The van der Waals surface area contributed by atoms with E-state index in [-0.39, 0.29) is 5.92 Å². The van der Waals surface area contributed by atoms with Gasteiger partial charge in [0.1, 0.15) is 0 Å². The first-order chi connectivity index (χ1) is 7.29. The molecular weight excluding hydrogens is 278 g/mol. The molecule has 1 rings (SSSR count). The van der Waals surface area contributed by atoms with Crippen molar-refractivity contribution in [3.63, 3.8) is 0 Å². The number of carbonyl (C=O) groups is 1. The highest BCUT2D eigenvalue weighted by atomic mass is 79.9. The molecule has 0 aliphatic carbocycles. The standard InChI is InChI=1S/C10H18BrNO2S/c1-14-6-5-12(4-3-11)10(13)9-2-7-15-8-9/h9H,2-8H2,1H3. The number of thioether (sulfide) groups is 1. The number of hydrogen-bond acceptors (Lipinski definition) is 3. The van der Waals surface area contributed by atoms with Gasteiger partial charge in [0.15, 0.2) is 0 Å². The molecule has 0 N–H and O–H groups in total. The quantitative estimate of drug-likeness (QED) is 0.698. The first-order valence-corrected chi connectivity index (χ1v) is 7.48. The minimum absolute atomic E-state index is 0.242. The normalized spacial score (nSPS) is 20.5. The molecule has 1 amide bonds. The van der Waals surface area contributed by atoms with E-state index in [9.17, 15) is 4.79 Å². The summed E-state index contributed by atoms with van der Waals surface area (Å²) in [5, 5.41) is 0.836. The molecule has 0 bridgehead atoms. The molecule has 1 atom stereocenters. The fourth-order valence-electron chi connectivity index (χ4n) is 1.62. The topological polar surface area (TPSA) is 29.5 Å². The molecule has 1 aliphatic rings. The van der Waals surface area contributed by atoms with Crippen LogP contribution in [0.4, 0.5) is 0 Å². The average molecular weight is 296 g/mol. The second-order valence-corrected chi connectivity index (χ2v) is 5.51. The van der Waals surface area contributed by atoms with Gasteiger partial charge in [-0.2, -0.15) is 11.8 Å². The predicted molar refractivity (Wildman–Crippen MR) is 67.7 cm³/mol. The van der Waals surface area contributed by atoms with Crippen LogP contribution in [0, 0.1) is 5.92 Å². The van der Waals surface area contributed by atoms with Gasteiger partial charge in [-0.3, -0.25) is 4.79 Å². The van der Waals surface area contributed by atoms with Crippen molar-refractivity contribution >= 4 is 33.6 Å². The smallest absolute Gasteiger partial charge is 0.226 e. The molecule has 0 aromatic carbocycles. The molecule has 88 valence electrons. The summed E-state index contributed by atoms with van der Waals surface area (Å²) in [6.07, 6.45) is 1.04. The highest BCUT2D eigenvalue weighted by Gasteiger charge is 2.26. The van der Waals surface area contributed by atoms with Crippen LogP contribution in [0.15, 0.2) is 0 Å². The van der Waals surface area contributed by atoms with Gasteiger partial charge in [-0.25, -0.2) is 0 Å². The summed E-state index contributed by atoms with van der Waals surface area (Å²) < 4.78 is 5.02. The van der Waals surface area contributed by atoms with E-state index in [1.165, 1.54) is 0 Å². The Kier molecular flexibility index (Phi) is 6.68. The SMILES string of the molecule is COCCN(CCBr)C(=O)C1CCSC1. The van der Waals surface area contributed by atoms with Gasteiger partial charge < -0.3 is 9.64 Å². The second kappa shape index (κ2) is 7.52. The molecule has 1 heterocycles. The van der Waals surface area contributed by atoms with Gasteiger partial charge in [0.05, 0.1) is 6.61 Å². The van der Waals surface area contributed by atoms with E-state index in [2.05, 4.69) is 15.9 Å². The number of alkyl halides is 1. The summed E-state index contributed by atoms with van der Waals surface area (Å²) in [6.45, 7) is 2.12. The lowest BCUT2D eigenvalue weighted by Gasteiger charge is -2.24. The van der Waals surface area contributed by atoms with Crippen molar-refractivity contribution in [1.82, 2.24) is 4.90 Å². The summed E-state index contributed by atoms with van der Waals surface area (Å²) >= 11 is 5.26. The van der Waals surface area contributed by atoms with Crippen LogP contribution < -0.4 is 0 Å². The van der Waals surface area contributed by atoms with Gasteiger partial charge in [0, 0.05) is 37.2 Å². The molecule has 15 heavy (non-hydrogen) atoms. The number of rotatable bonds is 6. The molecule has 0 saturated carbocycles. The Hall–Kier alpha value is 0.260. The van der Waals surface area contributed by atoms with Crippen molar-refractivity contribution in [3.05, 3.63) is 0 Å². The molecule has 0 aromatic heterocycles. The lowest BCUT2D eigenvalue weighted by Crippen LogP contribution is -2.39. The van der Waals surface area contributed by atoms with Crippen LogP contribution in [-0.4, -0.2) is 54.4 Å². The summed E-state index contributed by atoms with van der Waals surface area (Å²) in [6, 6.07) is 0. The van der Waals surface area contributed by atoms with Crippen LogP contribution >= 0.6 is 27.7 Å². The van der Waals surface area contributed by atoms with E-state index in [1.54, 1.807) is 7.11 Å². The largest absolute Gasteiger partial charge is 0.383 e. The Morgan fingerprint density at radius 2 is 2.40 bits per heavy atom. The Bertz CT molecular complexity index is 198. The zero-order valence-electron chi connectivity index (χ0n) is 9.08. The monoisotopic (exact) mass is 295 g/mol. The number of hydrogen-bond donors (Lipinski definition) is 0. The van der Waals surface area contributed by atoms with Crippen molar-refractivity contribution in [2.75, 3.05) is 43.6 Å². The average Bonchev–Trinajstić information content (AvgIpc) is 2.76. The highest BCUT2D eigenvalue weighted by Crippen LogP contribution is 2.25. The Labute approximate surface area is 104 Å². The van der Waals surface area contributed by atoms with E-state index in [4.69, 9.17) is 4.74 Å². The van der Waals surface area contributed by atoms with Crippen LogP contribution in [0.1, 0.15) is 6.42 Å². The number of nitrogens with zero attached hydrogens (tertiary/aromatic N) is 1. The van der Waals surface area contributed by atoms with Gasteiger partial charge in [0.2, 0.25) is 5.91 Å². The third kappa shape index (κ3) is 4.33. The molecule has 1 saturated heterocycles. The van der Waals surface area contributed by atoms with E-state index in [1.807, 2.05) is 16.7 Å². The van der Waals surface area contributed by atoms with Crippen molar-refractivity contribution < 1.29 is 9.53 Å². The molecule has 5 heteroatoms. The van der Waals surface area contributed by atoms with Gasteiger partial charge in [-0.05, 0) is 12.2 Å². The van der Waals surface area contributed by atoms with Gasteiger partial charge in [-0.1, -0.05) is 15.9 Å².